The fraction of sp³-hybridized carbons (Fsp3) is 0.259. The number of rotatable bonds is 8. The highest BCUT2D eigenvalue weighted by Crippen LogP contribution is 2.37. The van der Waals surface area contributed by atoms with Crippen LogP contribution in [0.5, 0.6) is 11.5 Å². The van der Waals surface area contributed by atoms with Gasteiger partial charge in [-0.2, -0.15) is 0 Å². The monoisotopic (exact) mass is 444 g/mol. The minimum atomic E-state index is -0.435. The first-order valence-electron chi connectivity index (χ1n) is 10.9. The van der Waals surface area contributed by atoms with Crippen LogP contribution in [-0.2, 0) is 17.9 Å². The molecule has 0 N–H and O–H groups in total. The Bertz CT molecular complexity index is 1150. The highest BCUT2D eigenvalue weighted by Gasteiger charge is 2.35. The number of fused-ring (bicyclic) bond motifs is 1. The lowest BCUT2D eigenvalue weighted by Crippen LogP contribution is -2.35. The second-order valence-electron chi connectivity index (χ2n) is 8.16. The van der Waals surface area contributed by atoms with Crippen molar-refractivity contribution in [2.24, 2.45) is 0 Å². The summed E-state index contributed by atoms with van der Waals surface area (Å²) in [5.41, 5.74) is 3.54. The molecule has 0 aromatic heterocycles. The Morgan fingerprint density at radius 2 is 1.67 bits per heavy atom. The van der Waals surface area contributed by atoms with Crippen LogP contribution < -0.4 is 9.47 Å². The first-order chi connectivity index (χ1) is 16.0. The third-order valence-electron chi connectivity index (χ3n) is 6.07. The van der Waals surface area contributed by atoms with Gasteiger partial charge in [0.2, 0.25) is 5.91 Å². The van der Waals surface area contributed by atoms with E-state index >= 15 is 0 Å². The molecule has 0 radical (unpaired) electrons. The van der Waals surface area contributed by atoms with E-state index in [9.17, 15) is 9.59 Å². The summed E-state index contributed by atoms with van der Waals surface area (Å²) in [4.78, 5) is 30.0. The number of carbonyl (C=O) groups excluding carboxylic acids is 2. The van der Waals surface area contributed by atoms with Crippen LogP contribution in [0, 0.1) is 0 Å². The van der Waals surface area contributed by atoms with Crippen LogP contribution in [0.2, 0.25) is 0 Å². The molecule has 1 atom stereocenters. The van der Waals surface area contributed by atoms with Crippen LogP contribution in [0.1, 0.15) is 39.5 Å². The molecule has 3 aromatic carbocycles. The van der Waals surface area contributed by atoms with Gasteiger partial charge in [-0.05, 0) is 34.9 Å². The fourth-order valence-corrected chi connectivity index (χ4v) is 4.26. The van der Waals surface area contributed by atoms with E-state index in [1.54, 1.807) is 31.1 Å². The SMILES string of the molecule is COc1ccc(C(CC(=O)N(C)Cc2ccccc2)N2Cc3ccccc3C2=O)cc1OC. The van der Waals surface area contributed by atoms with Crippen molar-refractivity contribution in [2.75, 3.05) is 21.3 Å². The summed E-state index contributed by atoms with van der Waals surface area (Å²) in [6.45, 7) is 0.968. The lowest BCUT2D eigenvalue weighted by Gasteiger charge is -2.30. The first kappa shape index (κ1) is 22.4. The van der Waals surface area contributed by atoms with E-state index in [0.29, 0.717) is 30.2 Å². The molecular weight excluding hydrogens is 416 g/mol. The maximum absolute atomic E-state index is 13.3. The largest absolute Gasteiger partial charge is 0.493 e. The number of methoxy groups -OCH3 is 2. The molecule has 0 spiro atoms. The van der Waals surface area contributed by atoms with Crippen LogP contribution in [0.3, 0.4) is 0 Å². The molecule has 0 aliphatic carbocycles. The second-order valence-corrected chi connectivity index (χ2v) is 8.16. The Kier molecular flexibility index (Phi) is 6.63. The predicted molar refractivity (Wildman–Crippen MR) is 126 cm³/mol. The third-order valence-corrected chi connectivity index (χ3v) is 6.07. The molecule has 0 bridgehead atoms. The normalized spacial score (nSPS) is 13.4. The summed E-state index contributed by atoms with van der Waals surface area (Å²) in [7, 11) is 4.95. The number of hydrogen-bond acceptors (Lipinski definition) is 4. The molecule has 4 rings (SSSR count). The van der Waals surface area contributed by atoms with Gasteiger partial charge in [0.25, 0.3) is 5.91 Å². The van der Waals surface area contributed by atoms with Crippen LogP contribution in [0.15, 0.2) is 72.8 Å². The zero-order valence-corrected chi connectivity index (χ0v) is 19.2. The minimum absolute atomic E-state index is 0.0394. The van der Waals surface area contributed by atoms with Crippen LogP contribution >= 0.6 is 0 Å². The molecule has 6 nitrogen and oxygen atoms in total. The van der Waals surface area contributed by atoms with Crippen molar-refractivity contribution in [3.8, 4) is 11.5 Å². The topological polar surface area (TPSA) is 59.1 Å². The third kappa shape index (κ3) is 4.70. The number of hydrogen-bond donors (Lipinski definition) is 0. The molecule has 1 unspecified atom stereocenters. The summed E-state index contributed by atoms with van der Waals surface area (Å²) >= 11 is 0. The molecule has 2 amide bonds. The standard InChI is InChI=1S/C27H28N2O4/c1-28(17-19-9-5-4-6-10-19)26(30)16-23(20-13-14-24(32-2)25(15-20)33-3)29-18-21-11-7-8-12-22(21)27(29)31/h4-15,23H,16-18H2,1-3H3. The molecule has 0 saturated heterocycles. The predicted octanol–water partition coefficient (Wildman–Crippen LogP) is 4.45. The van der Waals surface area contributed by atoms with Crippen LogP contribution in [0.25, 0.3) is 0 Å². The maximum Gasteiger partial charge on any atom is 0.255 e. The Labute approximate surface area is 194 Å². The molecule has 1 aliphatic heterocycles. The average molecular weight is 445 g/mol. The molecule has 33 heavy (non-hydrogen) atoms. The van der Waals surface area contributed by atoms with E-state index in [1.807, 2.05) is 72.8 Å². The van der Waals surface area contributed by atoms with E-state index in [4.69, 9.17) is 9.47 Å². The van der Waals surface area contributed by atoms with E-state index < -0.39 is 6.04 Å². The van der Waals surface area contributed by atoms with Crippen molar-refractivity contribution >= 4 is 11.8 Å². The van der Waals surface area contributed by atoms with Gasteiger partial charge in [0.15, 0.2) is 11.5 Å². The lowest BCUT2D eigenvalue weighted by atomic mass is 10.00. The first-order valence-corrected chi connectivity index (χ1v) is 10.9. The van der Waals surface area contributed by atoms with Gasteiger partial charge >= 0.3 is 0 Å². The van der Waals surface area contributed by atoms with Gasteiger partial charge in [0, 0.05) is 25.7 Å². The molecule has 0 saturated carbocycles. The van der Waals surface area contributed by atoms with Crippen molar-refractivity contribution < 1.29 is 19.1 Å². The zero-order valence-electron chi connectivity index (χ0n) is 19.2. The van der Waals surface area contributed by atoms with Crippen molar-refractivity contribution in [3.05, 3.63) is 95.1 Å². The molecule has 6 heteroatoms. The van der Waals surface area contributed by atoms with Crippen molar-refractivity contribution in [1.29, 1.82) is 0 Å². The lowest BCUT2D eigenvalue weighted by molar-refractivity contribution is -0.131. The molecule has 1 aliphatic rings. The van der Waals surface area contributed by atoms with Crippen molar-refractivity contribution in [3.63, 3.8) is 0 Å². The maximum atomic E-state index is 13.3. The van der Waals surface area contributed by atoms with Gasteiger partial charge in [0.05, 0.1) is 26.7 Å². The summed E-state index contributed by atoms with van der Waals surface area (Å²) < 4.78 is 10.9. The number of nitrogens with zero attached hydrogens (tertiary/aromatic N) is 2. The molecular formula is C27H28N2O4. The summed E-state index contributed by atoms with van der Waals surface area (Å²) in [5, 5.41) is 0. The average Bonchev–Trinajstić information content (AvgIpc) is 3.18. The van der Waals surface area contributed by atoms with Gasteiger partial charge in [-0.3, -0.25) is 9.59 Å². The van der Waals surface area contributed by atoms with Gasteiger partial charge in [0.1, 0.15) is 0 Å². The van der Waals surface area contributed by atoms with E-state index in [-0.39, 0.29) is 18.2 Å². The van der Waals surface area contributed by atoms with E-state index in [0.717, 1.165) is 16.7 Å². The number of amides is 2. The zero-order chi connectivity index (χ0) is 23.4. The van der Waals surface area contributed by atoms with Gasteiger partial charge < -0.3 is 19.3 Å². The summed E-state index contributed by atoms with van der Waals surface area (Å²) in [5.74, 6) is 1.06. The minimum Gasteiger partial charge on any atom is -0.493 e. The Morgan fingerprint density at radius 3 is 2.36 bits per heavy atom. The highest BCUT2D eigenvalue weighted by atomic mass is 16.5. The van der Waals surface area contributed by atoms with Crippen molar-refractivity contribution in [1.82, 2.24) is 9.80 Å². The van der Waals surface area contributed by atoms with Gasteiger partial charge in [-0.15, -0.1) is 0 Å². The quantitative estimate of drug-likeness (QED) is 0.515. The van der Waals surface area contributed by atoms with E-state index in [1.165, 1.54) is 0 Å². The van der Waals surface area contributed by atoms with Crippen LogP contribution in [-0.4, -0.2) is 42.9 Å². The summed E-state index contributed by atoms with van der Waals surface area (Å²) in [6, 6.07) is 22.6. The van der Waals surface area contributed by atoms with E-state index in [2.05, 4.69) is 0 Å². The highest BCUT2D eigenvalue weighted by molar-refractivity contribution is 5.98. The molecule has 3 aromatic rings. The Morgan fingerprint density at radius 1 is 0.970 bits per heavy atom. The van der Waals surface area contributed by atoms with Crippen molar-refractivity contribution in [2.45, 2.75) is 25.6 Å². The fourth-order valence-electron chi connectivity index (χ4n) is 4.26. The van der Waals surface area contributed by atoms with Gasteiger partial charge in [-0.25, -0.2) is 0 Å². The number of benzene rings is 3. The number of ether oxygens (including phenoxy) is 2. The number of carbonyl (C=O) groups is 2. The second kappa shape index (κ2) is 9.77. The smallest absolute Gasteiger partial charge is 0.255 e. The Hall–Kier alpha value is -3.80. The van der Waals surface area contributed by atoms with Gasteiger partial charge in [-0.1, -0.05) is 54.6 Å². The molecule has 170 valence electrons. The Balaban J connectivity index is 1.63. The summed E-state index contributed by atoms with van der Waals surface area (Å²) in [6.07, 6.45) is 0.165. The molecule has 0 fully saturated rings. The molecule has 1 heterocycles. The van der Waals surface area contributed by atoms with Crippen LogP contribution in [0.4, 0.5) is 0 Å².